The lowest BCUT2D eigenvalue weighted by Gasteiger charge is -2.23. The predicted octanol–water partition coefficient (Wildman–Crippen LogP) is 0.669. The molecule has 1 heterocycles. The number of hydrogen-bond acceptors (Lipinski definition) is 13. The van der Waals surface area contributed by atoms with Crippen LogP contribution in [0.3, 0.4) is 0 Å². The van der Waals surface area contributed by atoms with Gasteiger partial charge in [-0.25, -0.2) is 14.4 Å². The molecule has 1 N–H and O–H groups in total. The zero-order valence-corrected chi connectivity index (χ0v) is 23.8. The number of nitrogens with zero attached hydrogens (tertiary/aromatic N) is 6. The summed E-state index contributed by atoms with van der Waals surface area (Å²) in [4.78, 5) is 45.6. The molecule has 0 saturated heterocycles. The van der Waals surface area contributed by atoms with E-state index in [1.54, 1.807) is 84.7 Å². The third kappa shape index (κ3) is 7.46. The molecule has 0 aromatic carbocycles. The number of aliphatic hydroxyl groups excluding tert-OH is 1. The highest BCUT2D eigenvalue weighted by Gasteiger charge is 2.44. The fraction of sp³-hybridized carbons (Fsp3) is 0.583. The Hall–Kier alpha value is -4.10. The molecule has 38 heavy (non-hydrogen) atoms. The average Bonchev–Trinajstić information content (AvgIpc) is 2.83. The van der Waals surface area contributed by atoms with E-state index in [4.69, 9.17) is 18.9 Å². The summed E-state index contributed by atoms with van der Waals surface area (Å²) in [6, 6.07) is 0. The summed E-state index contributed by atoms with van der Waals surface area (Å²) in [5.74, 6) is -3.53. The highest BCUT2D eigenvalue weighted by Crippen LogP contribution is 2.32. The van der Waals surface area contributed by atoms with Gasteiger partial charge in [-0.2, -0.15) is 0 Å². The molecule has 1 aromatic rings. The van der Waals surface area contributed by atoms with Crippen LogP contribution in [-0.2, 0) is 33.3 Å². The number of esters is 3. The molecule has 0 unspecified atom stereocenters. The first-order chi connectivity index (χ1) is 17.9. The minimum absolute atomic E-state index is 0.0485. The van der Waals surface area contributed by atoms with Crippen LogP contribution in [0.15, 0.2) is 17.1 Å². The van der Waals surface area contributed by atoms with E-state index in [9.17, 15) is 19.5 Å². The van der Waals surface area contributed by atoms with E-state index in [0.29, 0.717) is 17.3 Å². The van der Waals surface area contributed by atoms with Gasteiger partial charge < -0.3 is 38.8 Å². The van der Waals surface area contributed by atoms with Gasteiger partial charge >= 0.3 is 23.6 Å². The van der Waals surface area contributed by atoms with Crippen LogP contribution in [0.1, 0.15) is 27.7 Å². The van der Waals surface area contributed by atoms with Gasteiger partial charge in [-0.3, -0.25) is 0 Å². The van der Waals surface area contributed by atoms with E-state index >= 15 is 0 Å². The maximum atomic E-state index is 13.2. The van der Waals surface area contributed by atoms with Gasteiger partial charge in [0.05, 0.1) is 41.4 Å². The zero-order chi connectivity index (χ0) is 29.2. The fourth-order valence-electron chi connectivity index (χ4n) is 3.20. The van der Waals surface area contributed by atoms with E-state index in [2.05, 4.69) is 10.2 Å². The normalized spacial score (nSPS) is 11.1. The highest BCUT2D eigenvalue weighted by atomic mass is 16.6. The number of hydrogen-bond donors (Lipinski definition) is 1. The molecule has 0 spiro atoms. The minimum Gasteiger partial charge on any atom is -0.480 e. The summed E-state index contributed by atoms with van der Waals surface area (Å²) in [5.41, 5.74) is -1.34. The van der Waals surface area contributed by atoms with Crippen molar-refractivity contribution in [3.05, 3.63) is 17.1 Å². The van der Waals surface area contributed by atoms with Gasteiger partial charge in [-0.05, 0) is 27.7 Å². The molecular formula is C24H39N6O8+. The molecule has 0 aliphatic carbocycles. The summed E-state index contributed by atoms with van der Waals surface area (Å²) in [6.07, 6.45) is 0. The molecule has 0 radical (unpaired) electrons. The minimum atomic E-state index is -1.13. The van der Waals surface area contributed by atoms with E-state index in [1.807, 2.05) is 0 Å². The Bertz CT molecular complexity index is 1030. The van der Waals surface area contributed by atoms with Crippen LogP contribution >= 0.6 is 0 Å². The molecule has 1 aromatic heterocycles. The van der Waals surface area contributed by atoms with Crippen LogP contribution < -0.4 is 19.5 Å². The Morgan fingerprint density at radius 1 is 0.658 bits per heavy atom. The van der Waals surface area contributed by atoms with Crippen LogP contribution in [0, 0.1) is 0 Å². The van der Waals surface area contributed by atoms with Gasteiger partial charge in [-0.15, -0.1) is 0 Å². The van der Waals surface area contributed by atoms with Gasteiger partial charge in [-0.1, -0.05) is 0 Å². The summed E-state index contributed by atoms with van der Waals surface area (Å²) in [6.45, 7) is 5.90. The largest absolute Gasteiger partial charge is 0.480 e. The topological polar surface area (TPSA) is 148 Å². The van der Waals surface area contributed by atoms with Crippen LogP contribution in [0.25, 0.3) is 5.70 Å². The molecule has 0 fully saturated rings. The molecule has 14 heteroatoms. The van der Waals surface area contributed by atoms with Gasteiger partial charge in [0.1, 0.15) is 5.69 Å². The first-order valence-corrected chi connectivity index (χ1v) is 12.1. The Morgan fingerprint density at radius 3 is 1.34 bits per heavy atom. The number of anilines is 3. The van der Waals surface area contributed by atoms with Gasteiger partial charge in [0, 0.05) is 42.3 Å². The number of aliphatic hydroxyl groups is 1. The third-order valence-corrected chi connectivity index (χ3v) is 4.70. The van der Waals surface area contributed by atoms with E-state index in [0.717, 1.165) is 4.80 Å². The molecule has 0 bridgehead atoms. The van der Waals surface area contributed by atoms with Crippen LogP contribution in [-0.4, -0.2) is 102 Å². The van der Waals surface area contributed by atoms with Crippen molar-refractivity contribution < 1.29 is 43.2 Å². The van der Waals surface area contributed by atoms with Crippen LogP contribution in [0.2, 0.25) is 0 Å². The van der Waals surface area contributed by atoms with Gasteiger partial charge in [0.2, 0.25) is 22.8 Å². The highest BCUT2D eigenvalue weighted by molar-refractivity contribution is 6.21. The quantitative estimate of drug-likeness (QED) is 0.0548. The lowest BCUT2D eigenvalue weighted by Crippen LogP contribution is -2.48. The molecule has 0 amide bonds. The SMILES string of the molecule is CCOC(=O)C(C(=O)OCC)=C(/C(C(=O)OCC)=C(\O)OCC)[n+]1nc(N(C)C)c(N(C)C)c(N(C)C)n1. The molecule has 0 atom stereocenters. The number of aromatic nitrogens is 3. The second-order valence-electron chi connectivity index (χ2n) is 8.17. The van der Waals surface area contributed by atoms with Crippen molar-refractivity contribution in [1.82, 2.24) is 10.2 Å². The first kappa shape index (κ1) is 31.9. The van der Waals surface area contributed by atoms with Crippen molar-refractivity contribution in [1.29, 1.82) is 0 Å². The second-order valence-corrected chi connectivity index (χ2v) is 8.17. The van der Waals surface area contributed by atoms with Crippen molar-refractivity contribution in [3.8, 4) is 0 Å². The number of rotatable bonds is 13. The number of carbonyl (C=O) groups excluding carboxylic acids is 3. The molecule has 14 nitrogen and oxygen atoms in total. The molecule has 212 valence electrons. The van der Waals surface area contributed by atoms with E-state index in [-0.39, 0.29) is 26.4 Å². The average molecular weight is 540 g/mol. The Balaban J connectivity index is 4.51. The summed E-state index contributed by atoms with van der Waals surface area (Å²) in [5, 5.41) is 19.9. The number of ether oxygens (including phenoxy) is 4. The molecule has 0 aliphatic rings. The summed E-state index contributed by atoms with van der Waals surface area (Å²) >= 11 is 0. The van der Waals surface area contributed by atoms with Gasteiger partial charge in [0.25, 0.3) is 5.95 Å². The third-order valence-electron chi connectivity index (χ3n) is 4.70. The van der Waals surface area contributed by atoms with Crippen molar-refractivity contribution in [2.75, 3.05) is 83.4 Å². The van der Waals surface area contributed by atoms with Gasteiger partial charge in [0.15, 0.2) is 0 Å². The Kier molecular flexibility index (Phi) is 12.3. The van der Waals surface area contributed by atoms with Crippen molar-refractivity contribution >= 4 is 40.9 Å². The van der Waals surface area contributed by atoms with Crippen molar-refractivity contribution in [2.24, 2.45) is 0 Å². The lowest BCUT2D eigenvalue weighted by molar-refractivity contribution is -0.702. The smallest absolute Gasteiger partial charge is 0.352 e. The van der Waals surface area contributed by atoms with E-state index < -0.39 is 40.7 Å². The van der Waals surface area contributed by atoms with Crippen LogP contribution in [0.5, 0.6) is 0 Å². The summed E-state index contributed by atoms with van der Waals surface area (Å²) in [7, 11) is 10.5. The van der Waals surface area contributed by atoms with Crippen molar-refractivity contribution in [2.45, 2.75) is 27.7 Å². The lowest BCUT2D eigenvalue weighted by atomic mass is 10.1. The Labute approximate surface area is 223 Å². The molecule has 1 rings (SSSR count). The molecular weight excluding hydrogens is 500 g/mol. The standard InChI is InChI=1S/C24H38N6O8/c1-11-35-21(31)15(22(32)36-12-2)17(16(23(33)37-13-3)24(34)38-14-4)30-25-19(28(7)8)18(27(5)6)20(26-30)29(9)10/h11-14H2,1-10H3/p+1. The Morgan fingerprint density at radius 2 is 1.03 bits per heavy atom. The zero-order valence-electron chi connectivity index (χ0n) is 23.8. The molecule has 0 saturated carbocycles. The summed E-state index contributed by atoms with van der Waals surface area (Å²) < 4.78 is 20.6. The van der Waals surface area contributed by atoms with E-state index in [1.165, 1.54) is 0 Å². The van der Waals surface area contributed by atoms with Crippen LogP contribution in [0.4, 0.5) is 17.3 Å². The maximum Gasteiger partial charge on any atom is 0.352 e. The maximum absolute atomic E-state index is 13.2. The fourth-order valence-corrected chi connectivity index (χ4v) is 3.20. The van der Waals surface area contributed by atoms with Crippen molar-refractivity contribution in [3.63, 3.8) is 0 Å². The number of carbonyl (C=O) groups is 3. The monoisotopic (exact) mass is 539 g/mol. The predicted molar refractivity (Wildman–Crippen MR) is 140 cm³/mol. The molecule has 0 aliphatic heterocycles. The first-order valence-electron chi connectivity index (χ1n) is 12.1. The second kappa shape index (κ2) is 14.6.